The second kappa shape index (κ2) is 8.51. The minimum absolute atomic E-state index is 0.0452. The molecule has 0 aliphatic carbocycles. The Labute approximate surface area is 150 Å². The van der Waals surface area contributed by atoms with Crippen molar-refractivity contribution < 1.29 is 23.1 Å². The van der Waals surface area contributed by atoms with Gasteiger partial charge < -0.3 is 19.4 Å². The minimum Gasteiger partial charge on any atom is -0.493 e. The molecule has 0 bridgehead atoms. The number of ether oxygens (including phenoxy) is 1. The number of piperidine rings is 1. The molecule has 0 radical (unpaired) electrons. The number of likely N-dealkylation sites (tertiary alicyclic amines) is 1. The Kier molecular flexibility index (Phi) is 5.88. The maximum absolute atomic E-state index is 12.8. The normalized spacial score (nSPS) is 14.9. The molecule has 0 saturated carbocycles. The Balaban J connectivity index is 1.35. The lowest BCUT2D eigenvalue weighted by atomic mass is 10.0. The first-order chi connectivity index (χ1) is 12.6. The summed E-state index contributed by atoms with van der Waals surface area (Å²) < 4.78 is 23.2. The Morgan fingerprint density at radius 3 is 2.58 bits per heavy atom. The van der Waals surface area contributed by atoms with Crippen molar-refractivity contribution in [2.24, 2.45) is 0 Å². The Morgan fingerprint density at radius 2 is 1.92 bits per heavy atom. The zero-order chi connectivity index (χ0) is 18.4. The number of carbonyl (C=O) groups is 2. The van der Waals surface area contributed by atoms with Crippen LogP contribution >= 0.6 is 0 Å². The molecule has 138 valence electrons. The molecule has 1 aliphatic heterocycles. The van der Waals surface area contributed by atoms with E-state index in [1.54, 1.807) is 11.0 Å². The summed E-state index contributed by atoms with van der Waals surface area (Å²) in [5, 5.41) is 2.97. The van der Waals surface area contributed by atoms with Crippen LogP contribution in [0, 0.1) is 5.82 Å². The zero-order valence-electron chi connectivity index (χ0n) is 14.3. The van der Waals surface area contributed by atoms with E-state index in [2.05, 4.69) is 5.32 Å². The molecule has 0 unspecified atom stereocenters. The van der Waals surface area contributed by atoms with Gasteiger partial charge in [0, 0.05) is 19.1 Å². The largest absolute Gasteiger partial charge is 0.493 e. The average molecular weight is 360 g/mol. The summed E-state index contributed by atoms with van der Waals surface area (Å²) in [4.78, 5) is 26.0. The number of nitrogens with zero attached hydrogens (tertiary/aromatic N) is 1. The molecule has 2 aromatic rings. The summed E-state index contributed by atoms with van der Waals surface area (Å²) in [6, 6.07) is 7.39. The predicted octanol–water partition coefficient (Wildman–Crippen LogP) is 2.61. The highest BCUT2D eigenvalue weighted by Crippen LogP contribution is 2.15. The first-order valence-corrected chi connectivity index (χ1v) is 8.61. The number of nitrogens with one attached hydrogen (secondary N) is 1. The molecule has 6 nitrogen and oxygen atoms in total. The molecule has 0 atom stereocenters. The molecule has 1 saturated heterocycles. The summed E-state index contributed by atoms with van der Waals surface area (Å²) >= 11 is 0. The van der Waals surface area contributed by atoms with Crippen molar-refractivity contribution in [3.8, 4) is 5.75 Å². The van der Waals surface area contributed by atoms with Crippen LogP contribution in [0.25, 0.3) is 0 Å². The standard InChI is InChI=1S/C19H21FN2O4/c20-15-1-3-17(4-2-15)26-12-8-18(23)21-16-5-9-22(10-6-16)19(24)14-7-11-25-13-14/h1-4,7,11,13,16H,5-6,8-10,12H2,(H,21,23). The molecule has 2 heterocycles. The zero-order valence-corrected chi connectivity index (χ0v) is 14.3. The van der Waals surface area contributed by atoms with E-state index in [0.717, 1.165) is 0 Å². The molecule has 1 N–H and O–H groups in total. The van der Waals surface area contributed by atoms with E-state index in [4.69, 9.17) is 9.15 Å². The lowest BCUT2D eigenvalue weighted by molar-refractivity contribution is -0.122. The molecule has 2 amide bonds. The van der Waals surface area contributed by atoms with Crippen LogP contribution in [-0.2, 0) is 4.79 Å². The van der Waals surface area contributed by atoms with Crippen LogP contribution in [0.4, 0.5) is 4.39 Å². The lowest BCUT2D eigenvalue weighted by Crippen LogP contribution is -2.46. The smallest absolute Gasteiger partial charge is 0.257 e. The number of hydrogen-bond donors (Lipinski definition) is 1. The van der Waals surface area contributed by atoms with E-state index in [1.165, 1.54) is 36.8 Å². The monoisotopic (exact) mass is 360 g/mol. The van der Waals surface area contributed by atoms with Crippen LogP contribution in [0.2, 0.25) is 0 Å². The number of halogens is 1. The highest BCUT2D eigenvalue weighted by atomic mass is 19.1. The fourth-order valence-electron chi connectivity index (χ4n) is 2.89. The van der Waals surface area contributed by atoms with E-state index in [9.17, 15) is 14.0 Å². The topological polar surface area (TPSA) is 71.8 Å². The molecule has 7 heteroatoms. The van der Waals surface area contributed by atoms with Crippen molar-refractivity contribution in [2.75, 3.05) is 19.7 Å². The van der Waals surface area contributed by atoms with Gasteiger partial charge in [-0.25, -0.2) is 4.39 Å². The van der Waals surface area contributed by atoms with Gasteiger partial charge in [0.1, 0.15) is 17.8 Å². The Hall–Kier alpha value is -2.83. The summed E-state index contributed by atoms with van der Waals surface area (Å²) in [5.74, 6) is 0.0703. The maximum atomic E-state index is 12.8. The number of rotatable bonds is 6. The molecule has 26 heavy (non-hydrogen) atoms. The van der Waals surface area contributed by atoms with Crippen LogP contribution < -0.4 is 10.1 Å². The van der Waals surface area contributed by atoms with Gasteiger partial charge in [-0.3, -0.25) is 9.59 Å². The average Bonchev–Trinajstić information content (AvgIpc) is 3.18. The van der Waals surface area contributed by atoms with Crippen molar-refractivity contribution >= 4 is 11.8 Å². The fourth-order valence-corrected chi connectivity index (χ4v) is 2.89. The highest BCUT2D eigenvalue weighted by molar-refractivity contribution is 5.93. The van der Waals surface area contributed by atoms with E-state index in [-0.39, 0.29) is 36.7 Å². The van der Waals surface area contributed by atoms with Gasteiger partial charge in [0.25, 0.3) is 5.91 Å². The van der Waals surface area contributed by atoms with E-state index in [1.807, 2.05) is 0 Å². The second-order valence-corrected chi connectivity index (χ2v) is 6.20. The summed E-state index contributed by atoms with van der Waals surface area (Å²) in [6.45, 7) is 1.43. The first-order valence-electron chi connectivity index (χ1n) is 8.61. The molecule has 1 aliphatic rings. The Bertz CT molecular complexity index is 723. The third-order valence-electron chi connectivity index (χ3n) is 4.33. The van der Waals surface area contributed by atoms with Gasteiger partial charge in [0.15, 0.2) is 0 Å². The van der Waals surface area contributed by atoms with Crippen molar-refractivity contribution in [3.05, 3.63) is 54.2 Å². The third-order valence-corrected chi connectivity index (χ3v) is 4.33. The van der Waals surface area contributed by atoms with Crippen LogP contribution in [0.5, 0.6) is 5.75 Å². The molecule has 1 aromatic carbocycles. The SMILES string of the molecule is O=C(CCOc1ccc(F)cc1)NC1CCN(C(=O)c2ccoc2)CC1. The molecule has 1 fully saturated rings. The highest BCUT2D eigenvalue weighted by Gasteiger charge is 2.24. The van der Waals surface area contributed by atoms with Crippen LogP contribution in [-0.4, -0.2) is 42.5 Å². The van der Waals surface area contributed by atoms with E-state index < -0.39 is 0 Å². The van der Waals surface area contributed by atoms with Gasteiger partial charge in [-0.1, -0.05) is 0 Å². The van der Waals surface area contributed by atoms with Crippen LogP contribution in [0.1, 0.15) is 29.6 Å². The predicted molar refractivity (Wildman–Crippen MR) is 92.3 cm³/mol. The van der Waals surface area contributed by atoms with Crippen molar-refractivity contribution in [1.82, 2.24) is 10.2 Å². The summed E-state index contributed by atoms with van der Waals surface area (Å²) in [7, 11) is 0. The van der Waals surface area contributed by atoms with Crippen LogP contribution in [0.15, 0.2) is 47.3 Å². The maximum Gasteiger partial charge on any atom is 0.257 e. The van der Waals surface area contributed by atoms with Gasteiger partial charge in [0.05, 0.1) is 24.9 Å². The van der Waals surface area contributed by atoms with E-state index >= 15 is 0 Å². The van der Waals surface area contributed by atoms with Gasteiger partial charge in [0.2, 0.25) is 5.91 Å². The summed E-state index contributed by atoms with van der Waals surface area (Å²) in [6.07, 6.45) is 4.58. The quantitative estimate of drug-likeness (QED) is 0.860. The first kappa shape index (κ1) is 18.0. The van der Waals surface area contributed by atoms with Crippen LogP contribution in [0.3, 0.4) is 0 Å². The molecule has 0 spiro atoms. The number of benzene rings is 1. The number of amides is 2. The lowest BCUT2D eigenvalue weighted by Gasteiger charge is -2.32. The van der Waals surface area contributed by atoms with Gasteiger partial charge in [-0.05, 0) is 43.2 Å². The molecular formula is C19H21FN2O4. The summed E-state index contributed by atoms with van der Waals surface area (Å²) in [5.41, 5.74) is 0.547. The van der Waals surface area contributed by atoms with Crippen molar-refractivity contribution in [1.29, 1.82) is 0 Å². The van der Waals surface area contributed by atoms with Gasteiger partial charge >= 0.3 is 0 Å². The molecular weight excluding hydrogens is 339 g/mol. The van der Waals surface area contributed by atoms with Gasteiger partial charge in [-0.15, -0.1) is 0 Å². The number of carbonyl (C=O) groups excluding carboxylic acids is 2. The van der Waals surface area contributed by atoms with Crippen molar-refractivity contribution in [2.45, 2.75) is 25.3 Å². The molecule has 3 rings (SSSR count). The minimum atomic E-state index is -0.326. The van der Waals surface area contributed by atoms with Gasteiger partial charge in [-0.2, -0.15) is 0 Å². The number of hydrogen-bond acceptors (Lipinski definition) is 4. The second-order valence-electron chi connectivity index (χ2n) is 6.20. The Morgan fingerprint density at radius 1 is 1.19 bits per heavy atom. The number of furan rings is 1. The fraction of sp³-hybridized carbons (Fsp3) is 0.368. The third kappa shape index (κ3) is 4.84. The van der Waals surface area contributed by atoms with Crippen molar-refractivity contribution in [3.63, 3.8) is 0 Å². The molecule has 1 aromatic heterocycles. The van der Waals surface area contributed by atoms with E-state index in [0.29, 0.717) is 37.2 Å².